The second-order valence-electron chi connectivity index (χ2n) is 6.60. The highest BCUT2D eigenvalue weighted by Gasteiger charge is 2.44. The van der Waals surface area contributed by atoms with E-state index >= 15 is 0 Å². The van der Waals surface area contributed by atoms with Crippen LogP contribution in [0.25, 0.3) is 0 Å². The van der Waals surface area contributed by atoms with Gasteiger partial charge in [0.15, 0.2) is 3.79 Å². The molecule has 0 saturated carbocycles. The Morgan fingerprint density at radius 3 is 2.00 bits per heavy atom. The van der Waals surface area contributed by atoms with Crippen molar-refractivity contribution in [3.05, 3.63) is 8.96 Å². The van der Waals surface area contributed by atoms with Crippen LogP contribution >= 0.6 is 54.5 Å². The number of amides is 2. The van der Waals surface area contributed by atoms with Crippen LogP contribution in [0.15, 0.2) is 8.96 Å². The largest absolute Gasteiger partial charge is 0.375 e. The van der Waals surface area contributed by atoms with E-state index in [-0.39, 0.29) is 24.6 Å². The number of hydrogen-bond acceptors (Lipinski definition) is 4. The highest BCUT2D eigenvalue weighted by atomic mass is 127. The van der Waals surface area contributed by atoms with Crippen molar-refractivity contribution in [3.8, 4) is 0 Å². The summed E-state index contributed by atoms with van der Waals surface area (Å²) in [6, 6.07) is 0. The first kappa shape index (κ1) is 21.2. The molecule has 0 atom stereocenters. The van der Waals surface area contributed by atoms with Gasteiger partial charge in [0.1, 0.15) is 8.96 Å². The van der Waals surface area contributed by atoms with Gasteiger partial charge in [-0.3, -0.25) is 19.3 Å². The predicted octanol–water partition coefficient (Wildman–Crippen LogP) is 4.06. The SMILES string of the molecule is CC(C)(CCC(=O)I)OCCC(C)(C)N1C(=O)C(Br)=C(Br)C1=O. The van der Waals surface area contributed by atoms with Crippen LogP contribution in [0.5, 0.6) is 0 Å². The van der Waals surface area contributed by atoms with Crippen LogP contribution in [0.3, 0.4) is 0 Å². The molecule has 0 saturated heterocycles. The smallest absolute Gasteiger partial charge is 0.269 e. The van der Waals surface area contributed by atoms with Crippen molar-refractivity contribution in [2.75, 3.05) is 6.61 Å². The summed E-state index contributed by atoms with van der Waals surface area (Å²) in [6.07, 6.45) is 1.60. The molecule has 1 aliphatic heterocycles. The predicted molar refractivity (Wildman–Crippen MR) is 104 cm³/mol. The fraction of sp³-hybridized carbons (Fsp3) is 0.667. The Labute approximate surface area is 167 Å². The lowest BCUT2D eigenvalue weighted by Gasteiger charge is -2.35. The Balaban J connectivity index is 2.62. The minimum atomic E-state index is -0.669. The van der Waals surface area contributed by atoms with E-state index in [1.54, 1.807) is 22.6 Å². The quantitative estimate of drug-likeness (QED) is 0.253. The fourth-order valence-electron chi connectivity index (χ4n) is 2.19. The molecule has 0 aliphatic carbocycles. The van der Waals surface area contributed by atoms with Crippen molar-refractivity contribution in [1.29, 1.82) is 0 Å². The number of nitrogens with zero attached hydrogens (tertiary/aromatic N) is 1. The van der Waals surface area contributed by atoms with Crippen molar-refractivity contribution >= 4 is 70.1 Å². The Bertz CT molecular complexity index is 534. The van der Waals surface area contributed by atoms with Crippen LogP contribution in [0.1, 0.15) is 47.0 Å². The molecule has 0 aromatic rings. The highest BCUT2D eigenvalue weighted by molar-refractivity contribution is 14.1. The molecule has 0 radical (unpaired) electrons. The van der Waals surface area contributed by atoms with Crippen molar-refractivity contribution in [3.63, 3.8) is 0 Å². The minimum absolute atomic E-state index is 0.105. The van der Waals surface area contributed by atoms with Gasteiger partial charge < -0.3 is 4.74 Å². The average molecular weight is 565 g/mol. The fourth-order valence-corrected chi connectivity index (χ4v) is 3.15. The molecule has 2 amide bonds. The lowest BCUT2D eigenvalue weighted by molar-refractivity contribution is -0.144. The van der Waals surface area contributed by atoms with E-state index in [0.717, 1.165) is 0 Å². The molecule has 8 heteroatoms. The summed E-state index contributed by atoms with van der Waals surface area (Å²) in [6.45, 7) is 7.92. The molecule has 0 aromatic heterocycles. The number of halogens is 3. The van der Waals surface area contributed by atoms with Crippen molar-refractivity contribution in [2.45, 2.75) is 58.1 Å². The van der Waals surface area contributed by atoms with Gasteiger partial charge in [-0.05, 0) is 95.0 Å². The van der Waals surface area contributed by atoms with E-state index in [0.29, 0.717) is 25.9 Å². The van der Waals surface area contributed by atoms with Gasteiger partial charge in [-0.2, -0.15) is 0 Å². The Morgan fingerprint density at radius 1 is 1.09 bits per heavy atom. The van der Waals surface area contributed by atoms with Crippen molar-refractivity contribution < 1.29 is 19.1 Å². The summed E-state index contributed by atoms with van der Waals surface area (Å²) in [5.41, 5.74) is -1.09. The number of carbonyl (C=O) groups is 3. The molecule has 1 aliphatic rings. The molecule has 5 nitrogen and oxygen atoms in total. The van der Waals surface area contributed by atoms with E-state index in [9.17, 15) is 14.4 Å². The molecular weight excluding hydrogens is 545 g/mol. The number of imide groups is 1. The van der Waals surface area contributed by atoms with E-state index in [4.69, 9.17) is 4.74 Å². The summed E-state index contributed by atoms with van der Waals surface area (Å²) < 4.78 is 6.46. The van der Waals surface area contributed by atoms with Crippen LogP contribution in [-0.4, -0.2) is 38.3 Å². The van der Waals surface area contributed by atoms with Gasteiger partial charge in [0.25, 0.3) is 11.8 Å². The van der Waals surface area contributed by atoms with Crippen LogP contribution in [0.2, 0.25) is 0 Å². The van der Waals surface area contributed by atoms with Crippen LogP contribution in [0.4, 0.5) is 0 Å². The average Bonchev–Trinajstić information content (AvgIpc) is 2.60. The monoisotopic (exact) mass is 563 g/mol. The van der Waals surface area contributed by atoms with E-state index in [2.05, 4.69) is 31.9 Å². The first-order valence-corrected chi connectivity index (χ1v) is 9.82. The number of hydrogen-bond donors (Lipinski definition) is 0. The van der Waals surface area contributed by atoms with Gasteiger partial charge in [0.2, 0.25) is 0 Å². The zero-order chi connectivity index (χ0) is 18.0. The lowest BCUT2D eigenvalue weighted by Crippen LogP contribution is -2.49. The van der Waals surface area contributed by atoms with E-state index in [1.807, 2.05) is 27.7 Å². The number of ether oxygens (including phenoxy) is 1. The van der Waals surface area contributed by atoms with Gasteiger partial charge in [0.05, 0.1) is 5.60 Å². The molecule has 23 heavy (non-hydrogen) atoms. The maximum absolute atomic E-state index is 12.2. The third kappa shape index (κ3) is 5.61. The van der Waals surface area contributed by atoms with Crippen LogP contribution in [-0.2, 0) is 19.1 Å². The molecular formula is C15H20Br2INO4. The zero-order valence-corrected chi connectivity index (χ0v) is 18.9. The second-order valence-corrected chi connectivity index (χ2v) is 9.39. The molecule has 0 aromatic carbocycles. The third-order valence-electron chi connectivity index (χ3n) is 3.71. The number of rotatable bonds is 8. The highest BCUT2D eigenvalue weighted by Crippen LogP contribution is 2.35. The summed E-state index contributed by atoms with van der Waals surface area (Å²) in [5, 5.41) is 0. The summed E-state index contributed by atoms with van der Waals surface area (Å²) in [7, 11) is 0. The first-order chi connectivity index (χ1) is 10.4. The van der Waals surface area contributed by atoms with Gasteiger partial charge in [-0.25, -0.2) is 0 Å². The maximum Gasteiger partial charge on any atom is 0.269 e. The van der Waals surface area contributed by atoms with Crippen molar-refractivity contribution in [2.24, 2.45) is 0 Å². The molecule has 0 spiro atoms. The third-order valence-corrected chi connectivity index (χ3v) is 6.25. The van der Waals surface area contributed by atoms with Crippen molar-refractivity contribution in [1.82, 2.24) is 4.90 Å². The molecule has 0 unspecified atom stereocenters. The van der Waals surface area contributed by atoms with Gasteiger partial charge >= 0.3 is 0 Å². The molecule has 0 fully saturated rings. The zero-order valence-electron chi connectivity index (χ0n) is 13.5. The number of carbonyl (C=O) groups excluding carboxylic acids is 3. The van der Waals surface area contributed by atoms with E-state index in [1.165, 1.54) is 4.90 Å². The molecule has 1 rings (SSSR count). The normalized spacial score (nSPS) is 16.6. The van der Waals surface area contributed by atoms with Gasteiger partial charge in [-0.15, -0.1) is 0 Å². The van der Waals surface area contributed by atoms with E-state index < -0.39 is 11.1 Å². The summed E-state index contributed by atoms with van der Waals surface area (Å²) >= 11 is 8.04. The lowest BCUT2D eigenvalue weighted by atomic mass is 9.98. The Hall–Kier alpha value is 0.200. The minimum Gasteiger partial charge on any atom is -0.375 e. The van der Waals surface area contributed by atoms with Gasteiger partial charge in [0, 0.05) is 18.6 Å². The summed E-state index contributed by atoms with van der Waals surface area (Å²) in [4.78, 5) is 36.7. The van der Waals surface area contributed by atoms with Crippen LogP contribution < -0.4 is 0 Å². The Kier molecular flexibility index (Phi) is 7.44. The summed E-state index contributed by atoms with van der Waals surface area (Å²) in [5.74, 6) is -0.691. The first-order valence-electron chi connectivity index (χ1n) is 7.15. The van der Waals surface area contributed by atoms with Gasteiger partial charge in [-0.1, -0.05) is 0 Å². The van der Waals surface area contributed by atoms with Crippen LogP contribution in [0, 0.1) is 0 Å². The maximum atomic E-state index is 12.2. The molecule has 1 heterocycles. The Morgan fingerprint density at radius 2 is 1.57 bits per heavy atom. The second kappa shape index (κ2) is 8.05. The topological polar surface area (TPSA) is 63.7 Å². The standard InChI is InChI=1S/C15H20Br2INO4/c1-14(2,19-12(21)10(16)11(17)13(19)22)7-8-23-15(3,4)6-5-9(18)20/h5-8H2,1-4H3. The molecule has 0 N–H and O–H groups in total. The molecule has 0 bridgehead atoms. The molecule has 130 valence electrons.